The standard InChI is InChI=1S/C17H16O7S/c1-2-21-17(18)12-3-5-13(6-4-12)24-25(19,20)14-7-8-15-16(11-14)23-10-9-22-15/h3-8,11H,2,9-10H2,1H3. The van der Waals surface area contributed by atoms with Gasteiger partial charge in [0.05, 0.1) is 12.2 Å². The van der Waals surface area contributed by atoms with E-state index in [-0.39, 0.29) is 17.3 Å². The Morgan fingerprint density at radius 3 is 2.40 bits per heavy atom. The summed E-state index contributed by atoms with van der Waals surface area (Å²) in [5.74, 6) is 0.448. The lowest BCUT2D eigenvalue weighted by atomic mass is 10.2. The zero-order valence-electron chi connectivity index (χ0n) is 13.4. The summed E-state index contributed by atoms with van der Waals surface area (Å²) in [6, 6.07) is 9.92. The van der Waals surface area contributed by atoms with Crippen molar-refractivity contribution in [3.63, 3.8) is 0 Å². The Hall–Kier alpha value is -2.74. The fourth-order valence-corrected chi connectivity index (χ4v) is 3.16. The van der Waals surface area contributed by atoms with Crippen molar-refractivity contribution in [1.29, 1.82) is 0 Å². The van der Waals surface area contributed by atoms with Gasteiger partial charge < -0.3 is 18.4 Å². The van der Waals surface area contributed by atoms with Crippen molar-refractivity contribution in [2.45, 2.75) is 11.8 Å². The fourth-order valence-electron chi connectivity index (χ4n) is 2.21. The summed E-state index contributed by atoms with van der Waals surface area (Å²) in [6.45, 7) is 2.74. The molecule has 0 radical (unpaired) electrons. The molecule has 25 heavy (non-hydrogen) atoms. The van der Waals surface area contributed by atoms with Crippen molar-refractivity contribution in [2.24, 2.45) is 0 Å². The SMILES string of the molecule is CCOC(=O)c1ccc(OS(=O)(=O)c2ccc3c(c2)OCCO3)cc1. The Morgan fingerprint density at radius 1 is 1.04 bits per heavy atom. The van der Waals surface area contributed by atoms with Gasteiger partial charge in [0.1, 0.15) is 23.9 Å². The molecular formula is C17H16O7S. The van der Waals surface area contributed by atoms with Gasteiger partial charge in [-0.25, -0.2) is 4.79 Å². The average molecular weight is 364 g/mol. The molecule has 1 aliphatic heterocycles. The first-order chi connectivity index (χ1) is 12.0. The third-order valence-electron chi connectivity index (χ3n) is 3.37. The van der Waals surface area contributed by atoms with Crippen LogP contribution in [-0.2, 0) is 14.9 Å². The number of fused-ring (bicyclic) bond motifs is 1. The maximum absolute atomic E-state index is 12.4. The molecular weight excluding hydrogens is 348 g/mol. The Balaban J connectivity index is 1.78. The zero-order valence-corrected chi connectivity index (χ0v) is 14.2. The highest BCUT2D eigenvalue weighted by atomic mass is 32.2. The van der Waals surface area contributed by atoms with Crippen molar-refractivity contribution < 1.29 is 31.6 Å². The third-order valence-corrected chi connectivity index (χ3v) is 4.62. The van der Waals surface area contributed by atoms with Gasteiger partial charge in [-0.3, -0.25) is 0 Å². The highest BCUT2D eigenvalue weighted by molar-refractivity contribution is 7.87. The minimum absolute atomic E-state index is 0.0498. The maximum Gasteiger partial charge on any atom is 0.339 e. The summed E-state index contributed by atoms with van der Waals surface area (Å²) in [6.07, 6.45) is 0. The molecule has 0 amide bonds. The van der Waals surface area contributed by atoms with Crippen LogP contribution in [0.1, 0.15) is 17.3 Å². The second kappa shape index (κ2) is 7.02. The molecule has 0 unspecified atom stereocenters. The Morgan fingerprint density at radius 2 is 1.72 bits per heavy atom. The summed E-state index contributed by atoms with van der Waals surface area (Å²) in [5.41, 5.74) is 0.311. The molecule has 3 rings (SSSR count). The minimum Gasteiger partial charge on any atom is -0.486 e. The molecule has 132 valence electrons. The highest BCUT2D eigenvalue weighted by Gasteiger charge is 2.21. The third kappa shape index (κ3) is 3.85. The van der Waals surface area contributed by atoms with Gasteiger partial charge >= 0.3 is 16.1 Å². The number of rotatable bonds is 5. The summed E-state index contributed by atoms with van der Waals surface area (Å²) >= 11 is 0. The molecule has 0 fully saturated rings. The highest BCUT2D eigenvalue weighted by Crippen LogP contribution is 2.33. The lowest BCUT2D eigenvalue weighted by molar-refractivity contribution is 0.0526. The van der Waals surface area contributed by atoms with E-state index in [2.05, 4.69) is 0 Å². The summed E-state index contributed by atoms with van der Waals surface area (Å²) in [7, 11) is -4.04. The van der Waals surface area contributed by atoms with E-state index in [1.54, 1.807) is 6.92 Å². The molecule has 1 heterocycles. The van der Waals surface area contributed by atoms with Crippen molar-refractivity contribution >= 4 is 16.1 Å². The smallest absolute Gasteiger partial charge is 0.339 e. The predicted octanol–water partition coefficient (Wildman–Crippen LogP) is 2.40. The molecule has 7 nitrogen and oxygen atoms in total. The van der Waals surface area contributed by atoms with E-state index in [1.165, 1.54) is 42.5 Å². The van der Waals surface area contributed by atoms with E-state index < -0.39 is 16.1 Å². The van der Waals surface area contributed by atoms with Crippen LogP contribution in [0.3, 0.4) is 0 Å². The first kappa shape index (κ1) is 17.1. The molecule has 0 N–H and O–H groups in total. The van der Waals surface area contributed by atoms with E-state index in [1.807, 2.05) is 0 Å². The fraction of sp³-hybridized carbons (Fsp3) is 0.235. The van der Waals surface area contributed by atoms with Crippen LogP contribution >= 0.6 is 0 Å². The molecule has 2 aromatic carbocycles. The molecule has 0 atom stereocenters. The van der Waals surface area contributed by atoms with Crippen LogP contribution in [0.2, 0.25) is 0 Å². The van der Waals surface area contributed by atoms with Crippen LogP contribution in [0.15, 0.2) is 47.4 Å². The van der Waals surface area contributed by atoms with Crippen molar-refractivity contribution in [3.8, 4) is 17.2 Å². The number of carbonyl (C=O) groups is 1. The quantitative estimate of drug-likeness (QED) is 0.594. The lowest BCUT2D eigenvalue weighted by Crippen LogP contribution is -2.16. The number of benzene rings is 2. The summed E-state index contributed by atoms with van der Waals surface area (Å²) in [5, 5.41) is 0. The van der Waals surface area contributed by atoms with Gasteiger partial charge in [0.25, 0.3) is 0 Å². The van der Waals surface area contributed by atoms with Gasteiger partial charge in [-0.2, -0.15) is 8.42 Å². The molecule has 0 saturated carbocycles. The first-order valence-corrected chi connectivity index (χ1v) is 9.02. The van der Waals surface area contributed by atoms with E-state index in [0.29, 0.717) is 30.3 Å². The van der Waals surface area contributed by atoms with Gasteiger partial charge in [-0.15, -0.1) is 0 Å². The molecule has 8 heteroatoms. The van der Waals surface area contributed by atoms with Crippen LogP contribution in [0.25, 0.3) is 0 Å². The summed E-state index contributed by atoms with van der Waals surface area (Å²) in [4.78, 5) is 11.5. The number of carbonyl (C=O) groups excluding carboxylic acids is 1. The second-order valence-corrected chi connectivity index (χ2v) is 6.63. The van der Waals surface area contributed by atoms with Crippen LogP contribution in [0, 0.1) is 0 Å². The normalized spacial score (nSPS) is 13.2. The Bertz CT molecular complexity index is 872. The topological polar surface area (TPSA) is 88.1 Å². The largest absolute Gasteiger partial charge is 0.486 e. The zero-order chi connectivity index (χ0) is 17.9. The predicted molar refractivity (Wildman–Crippen MR) is 87.6 cm³/mol. The van der Waals surface area contributed by atoms with Gasteiger partial charge in [0, 0.05) is 6.07 Å². The monoisotopic (exact) mass is 364 g/mol. The van der Waals surface area contributed by atoms with Crippen LogP contribution in [-0.4, -0.2) is 34.2 Å². The Kier molecular flexibility index (Phi) is 4.80. The lowest BCUT2D eigenvalue weighted by Gasteiger charge is -2.18. The van der Waals surface area contributed by atoms with Gasteiger partial charge in [0.2, 0.25) is 0 Å². The maximum atomic E-state index is 12.4. The molecule has 0 bridgehead atoms. The molecule has 0 aromatic heterocycles. The summed E-state index contributed by atoms with van der Waals surface area (Å²) < 4.78 is 45.5. The van der Waals surface area contributed by atoms with Crippen molar-refractivity contribution in [2.75, 3.05) is 19.8 Å². The Labute approximate surface area is 145 Å². The van der Waals surface area contributed by atoms with Gasteiger partial charge in [-0.1, -0.05) is 0 Å². The molecule has 0 saturated heterocycles. The number of esters is 1. The van der Waals surface area contributed by atoms with Crippen LogP contribution in [0.5, 0.6) is 17.2 Å². The van der Waals surface area contributed by atoms with Crippen LogP contribution in [0.4, 0.5) is 0 Å². The second-order valence-electron chi connectivity index (χ2n) is 5.09. The van der Waals surface area contributed by atoms with Crippen molar-refractivity contribution in [3.05, 3.63) is 48.0 Å². The minimum atomic E-state index is -4.04. The van der Waals surface area contributed by atoms with E-state index in [4.69, 9.17) is 18.4 Å². The van der Waals surface area contributed by atoms with E-state index >= 15 is 0 Å². The van der Waals surface area contributed by atoms with Gasteiger partial charge in [0.15, 0.2) is 11.5 Å². The number of ether oxygens (including phenoxy) is 3. The number of hydrogen-bond donors (Lipinski definition) is 0. The molecule has 0 spiro atoms. The van der Waals surface area contributed by atoms with E-state index in [9.17, 15) is 13.2 Å². The van der Waals surface area contributed by atoms with Gasteiger partial charge in [-0.05, 0) is 43.3 Å². The number of hydrogen-bond acceptors (Lipinski definition) is 7. The van der Waals surface area contributed by atoms with E-state index in [0.717, 1.165) is 0 Å². The first-order valence-electron chi connectivity index (χ1n) is 7.61. The molecule has 0 aliphatic carbocycles. The molecule has 2 aromatic rings. The average Bonchev–Trinajstić information content (AvgIpc) is 2.62. The van der Waals surface area contributed by atoms with Crippen molar-refractivity contribution in [1.82, 2.24) is 0 Å². The van der Waals surface area contributed by atoms with Crippen LogP contribution < -0.4 is 13.7 Å². The molecule has 1 aliphatic rings.